The number of benzene rings is 1. The maximum Gasteiger partial charge on any atom is 0.182 e. The van der Waals surface area contributed by atoms with Crippen LogP contribution in [0.5, 0.6) is 0 Å². The minimum absolute atomic E-state index is 0.00824. The Morgan fingerprint density at radius 3 is 2.53 bits per heavy atom. The van der Waals surface area contributed by atoms with Crippen LogP contribution >= 0.6 is 0 Å². The van der Waals surface area contributed by atoms with Gasteiger partial charge in [0.2, 0.25) is 0 Å². The van der Waals surface area contributed by atoms with E-state index in [0.29, 0.717) is 10.5 Å². The lowest BCUT2D eigenvalue weighted by Crippen LogP contribution is -2.06. The van der Waals surface area contributed by atoms with Crippen molar-refractivity contribution >= 4 is 9.84 Å². The summed E-state index contributed by atoms with van der Waals surface area (Å²) in [4.78, 5) is 4.31. The van der Waals surface area contributed by atoms with Gasteiger partial charge in [0, 0.05) is 12.4 Å². The van der Waals surface area contributed by atoms with Crippen LogP contribution in [0.4, 0.5) is 0 Å². The second kappa shape index (κ2) is 4.67. The molecule has 2 rings (SSSR count). The number of hydrogen-bond donors (Lipinski definition) is 0. The van der Waals surface area contributed by atoms with E-state index in [1.807, 2.05) is 6.07 Å². The molecule has 3 nitrogen and oxygen atoms in total. The molecule has 0 aliphatic heterocycles. The second-order valence-corrected chi connectivity index (χ2v) is 5.84. The van der Waals surface area contributed by atoms with E-state index in [1.54, 1.807) is 49.6 Å². The predicted molar refractivity (Wildman–Crippen MR) is 66.3 cm³/mol. The summed E-state index contributed by atoms with van der Waals surface area (Å²) in [5, 5.41) is 0. The summed E-state index contributed by atoms with van der Waals surface area (Å²) in [6.45, 7) is 1.80. The Hall–Kier alpha value is -1.68. The smallest absolute Gasteiger partial charge is 0.182 e. The van der Waals surface area contributed by atoms with E-state index in [2.05, 4.69) is 4.98 Å². The molecule has 0 spiro atoms. The molecular weight excluding hydrogens is 234 g/mol. The number of sulfone groups is 1. The molecule has 0 saturated carbocycles. The summed E-state index contributed by atoms with van der Waals surface area (Å²) in [6.07, 6.45) is 3.21. The highest BCUT2D eigenvalue weighted by Gasteiger charge is 2.17. The van der Waals surface area contributed by atoms with Crippen LogP contribution in [0.3, 0.4) is 0 Å². The first-order valence-electron chi connectivity index (χ1n) is 5.27. The van der Waals surface area contributed by atoms with Gasteiger partial charge in [-0.15, -0.1) is 0 Å². The van der Waals surface area contributed by atoms with Crippen molar-refractivity contribution in [3.8, 4) is 0 Å². The topological polar surface area (TPSA) is 47.0 Å². The summed E-state index contributed by atoms with van der Waals surface area (Å²) in [5.41, 5.74) is 1.48. The van der Waals surface area contributed by atoms with Gasteiger partial charge >= 0.3 is 0 Å². The van der Waals surface area contributed by atoms with Gasteiger partial charge in [-0.1, -0.05) is 24.3 Å². The molecule has 1 aromatic heterocycles. The Morgan fingerprint density at radius 2 is 1.88 bits per heavy atom. The van der Waals surface area contributed by atoms with Crippen molar-refractivity contribution in [3.63, 3.8) is 0 Å². The van der Waals surface area contributed by atoms with Crippen molar-refractivity contribution in [1.29, 1.82) is 0 Å². The van der Waals surface area contributed by atoms with Gasteiger partial charge in [-0.25, -0.2) is 8.42 Å². The van der Waals surface area contributed by atoms with Crippen molar-refractivity contribution in [3.05, 3.63) is 59.9 Å². The lowest BCUT2D eigenvalue weighted by Gasteiger charge is -2.07. The number of aromatic nitrogens is 1. The van der Waals surface area contributed by atoms with Crippen LogP contribution in [-0.4, -0.2) is 13.4 Å². The predicted octanol–water partition coefficient (Wildman–Crippen LogP) is 2.36. The molecule has 0 saturated heterocycles. The average molecular weight is 247 g/mol. The van der Waals surface area contributed by atoms with E-state index in [1.165, 1.54) is 0 Å². The second-order valence-electron chi connectivity index (χ2n) is 3.89. The van der Waals surface area contributed by atoms with Crippen LogP contribution in [-0.2, 0) is 15.6 Å². The van der Waals surface area contributed by atoms with Crippen LogP contribution in [0.1, 0.15) is 11.1 Å². The summed E-state index contributed by atoms with van der Waals surface area (Å²) < 4.78 is 24.4. The first kappa shape index (κ1) is 11.8. The molecule has 2 aromatic rings. The molecule has 0 radical (unpaired) electrons. The molecule has 17 heavy (non-hydrogen) atoms. The molecule has 1 aromatic carbocycles. The fourth-order valence-corrected chi connectivity index (χ4v) is 3.30. The molecular formula is C13H13NO2S. The fraction of sp³-hybridized carbons (Fsp3) is 0.154. The Bertz CT molecular complexity index is 606. The normalized spacial score (nSPS) is 11.4. The molecule has 0 aliphatic rings. The number of hydrogen-bond acceptors (Lipinski definition) is 3. The van der Waals surface area contributed by atoms with E-state index < -0.39 is 9.84 Å². The summed E-state index contributed by atoms with van der Waals surface area (Å²) in [7, 11) is -3.28. The average Bonchev–Trinajstić information content (AvgIpc) is 2.30. The molecule has 0 bridgehead atoms. The standard InChI is InChI=1S/C13H13NO2S/c1-11-5-2-3-7-13(11)17(15,16)10-12-6-4-8-14-9-12/h2-9H,10H2,1H3. The molecule has 1 heterocycles. The third-order valence-corrected chi connectivity index (χ3v) is 4.35. The monoisotopic (exact) mass is 247 g/mol. The Kier molecular flexibility index (Phi) is 3.24. The van der Waals surface area contributed by atoms with Gasteiger partial charge in [0.1, 0.15) is 0 Å². The lowest BCUT2D eigenvalue weighted by molar-refractivity contribution is 0.594. The van der Waals surface area contributed by atoms with E-state index >= 15 is 0 Å². The Labute approximate surface area is 101 Å². The molecule has 88 valence electrons. The first-order chi connectivity index (χ1) is 8.09. The van der Waals surface area contributed by atoms with Crippen LogP contribution in [0.25, 0.3) is 0 Å². The minimum Gasteiger partial charge on any atom is -0.264 e. The summed E-state index contributed by atoms with van der Waals surface area (Å²) in [5.74, 6) is -0.00824. The zero-order chi connectivity index (χ0) is 12.3. The highest BCUT2D eigenvalue weighted by Crippen LogP contribution is 2.19. The van der Waals surface area contributed by atoms with Gasteiger partial charge in [-0.05, 0) is 30.2 Å². The molecule has 0 aliphatic carbocycles. The van der Waals surface area contributed by atoms with Gasteiger partial charge in [-0.3, -0.25) is 4.98 Å². The van der Waals surface area contributed by atoms with Crippen molar-refractivity contribution in [2.24, 2.45) is 0 Å². The molecule has 4 heteroatoms. The van der Waals surface area contributed by atoms with Crippen LogP contribution < -0.4 is 0 Å². The van der Waals surface area contributed by atoms with Crippen molar-refractivity contribution in [2.45, 2.75) is 17.6 Å². The fourth-order valence-electron chi connectivity index (χ4n) is 1.69. The van der Waals surface area contributed by atoms with E-state index in [0.717, 1.165) is 5.56 Å². The number of nitrogens with zero attached hydrogens (tertiary/aromatic N) is 1. The van der Waals surface area contributed by atoms with Gasteiger partial charge in [0.15, 0.2) is 9.84 Å². The quantitative estimate of drug-likeness (QED) is 0.836. The van der Waals surface area contributed by atoms with Crippen molar-refractivity contribution in [1.82, 2.24) is 4.98 Å². The first-order valence-corrected chi connectivity index (χ1v) is 6.92. The van der Waals surface area contributed by atoms with Crippen LogP contribution in [0.2, 0.25) is 0 Å². The maximum atomic E-state index is 12.2. The van der Waals surface area contributed by atoms with Gasteiger partial charge in [0.25, 0.3) is 0 Å². The number of pyridine rings is 1. The molecule has 0 unspecified atom stereocenters. The summed E-state index contributed by atoms with van der Waals surface area (Å²) in [6, 6.07) is 10.5. The van der Waals surface area contributed by atoms with E-state index in [-0.39, 0.29) is 5.75 Å². The van der Waals surface area contributed by atoms with Crippen molar-refractivity contribution in [2.75, 3.05) is 0 Å². The Morgan fingerprint density at radius 1 is 1.12 bits per heavy atom. The SMILES string of the molecule is Cc1ccccc1S(=O)(=O)Cc1cccnc1. The van der Waals surface area contributed by atoms with Crippen LogP contribution in [0.15, 0.2) is 53.7 Å². The Balaban J connectivity index is 2.36. The van der Waals surface area contributed by atoms with E-state index in [4.69, 9.17) is 0 Å². The third kappa shape index (κ3) is 2.71. The number of aryl methyl sites for hydroxylation is 1. The van der Waals surface area contributed by atoms with Gasteiger partial charge < -0.3 is 0 Å². The van der Waals surface area contributed by atoms with Gasteiger partial charge in [-0.2, -0.15) is 0 Å². The minimum atomic E-state index is -3.28. The highest BCUT2D eigenvalue weighted by molar-refractivity contribution is 7.90. The third-order valence-electron chi connectivity index (χ3n) is 2.51. The molecule has 0 fully saturated rings. The zero-order valence-electron chi connectivity index (χ0n) is 9.50. The molecule has 0 amide bonds. The largest absolute Gasteiger partial charge is 0.264 e. The highest BCUT2D eigenvalue weighted by atomic mass is 32.2. The molecule has 0 atom stereocenters. The van der Waals surface area contributed by atoms with Gasteiger partial charge in [0.05, 0.1) is 10.6 Å². The number of rotatable bonds is 3. The van der Waals surface area contributed by atoms with Crippen molar-refractivity contribution < 1.29 is 8.42 Å². The summed E-state index contributed by atoms with van der Waals surface area (Å²) >= 11 is 0. The van der Waals surface area contributed by atoms with E-state index in [9.17, 15) is 8.42 Å². The molecule has 0 N–H and O–H groups in total. The zero-order valence-corrected chi connectivity index (χ0v) is 10.3. The lowest BCUT2D eigenvalue weighted by atomic mass is 10.2. The van der Waals surface area contributed by atoms with Crippen LogP contribution in [0, 0.1) is 6.92 Å². The maximum absolute atomic E-state index is 12.2.